The lowest BCUT2D eigenvalue weighted by Gasteiger charge is -2.53. The molecule has 36 heavy (non-hydrogen) atoms. The second kappa shape index (κ2) is 11.3. The van der Waals surface area contributed by atoms with Crippen LogP contribution in [0, 0.1) is 5.41 Å². The van der Waals surface area contributed by atoms with Crippen LogP contribution in [0.15, 0.2) is 0 Å². The molecule has 5 fully saturated rings. The van der Waals surface area contributed by atoms with Crippen molar-refractivity contribution in [1.82, 2.24) is 16.0 Å². The van der Waals surface area contributed by atoms with Crippen LogP contribution >= 0.6 is 11.6 Å². The molecule has 4 saturated carbocycles. The summed E-state index contributed by atoms with van der Waals surface area (Å²) < 4.78 is 61.3. The van der Waals surface area contributed by atoms with E-state index in [1.807, 2.05) is 0 Å². The minimum atomic E-state index is -4.36. The normalized spacial score (nSPS) is 39.0. The van der Waals surface area contributed by atoms with Crippen molar-refractivity contribution in [2.45, 2.75) is 112 Å². The summed E-state index contributed by atoms with van der Waals surface area (Å²) in [4.78, 5) is 25.7. The monoisotopic (exact) mass is 541 g/mol. The molecule has 5 aliphatic rings. The number of fused-ring (bicyclic) bond motifs is 3. The second-order valence-electron chi connectivity index (χ2n) is 11.0. The molecule has 2 bridgehead atoms. The van der Waals surface area contributed by atoms with Crippen molar-refractivity contribution < 1.29 is 36.6 Å². The Hall–Kier alpha value is -1.17. The standard InChI is InChI=1S/C24H36ClF4N3O4/c25-17-3-2-16(11-18(17)26)35-13-19(33)32-23-8-5-22(6-9-23,7-10-23)21(34)31-15-1-4-20(30-12-15)36-14-24(27,28)29/h15-18,20,30H,1-14H2,(H,31,34)(H,32,33). The molecule has 4 aliphatic carbocycles. The van der Waals surface area contributed by atoms with Crippen LogP contribution in [0.1, 0.15) is 70.6 Å². The average molecular weight is 542 g/mol. The Bertz CT molecular complexity index is 769. The van der Waals surface area contributed by atoms with Crippen LogP contribution in [0.3, 0.4) is 0 Å². The van der Waals surface area contributed by atoms with E-state index in [1.165, 1.54) is 0 Å². The first kappa shape index (κ1) is 27.9. The molecule has 1 aliphatic heterocycles. The number of alkyl halides is 5. The van der Waals surface area contributed by atoms with Gasteiger partial charge in [-0.05, 0) is 64.2 Å². The van der Waals surface area contributed by atoms with Crippen LogP contribution < -0.4 is 16.0 Å². The summed E-state index contributed by atoms with van der Waals surface area (Å²) in [7, 11) is 0. The molecular weight excluding hydrogens is 506 g/mol. The first-order valence-corrected chi connectivity index (χ1v) is 13.3. The van der Waals surface area contributed by atoms with Crippen molar-refractivity contribution in [1.29, 1.82) is 0 Å². The number of amides is 2. The molecule has 5 atom stereocenters. The third-order valence-electron chi connectivity index (χ3n) is 8.38. The number of piperidine rings is 1. The van der Waals surface area contributed by atoms with Crippen molar-refractivity contribution in [3.8, 4) is 0 Å². The molecule has 1 saturated heterocycles. The summed E-state index contributed by atoms with van der Waals surface area (Å²) >= 11 is 5.90. The van der Waals surface area contributed by atoms with E-state index in [2.05, 4.69) is 16.0 Å². The summed E-state index contributed by atoms with van der Waals surface area (Å²) in [6.07, 6.45) is -0.00575. The maximum atomic E-state index is 13.8. The van der Waals surface area contributed by atoms with Gasteiger partial charge in [-0.3, -0.25) is 14.9 Å². The van der Waals surface area contributed by atoms with E-state index in [0.29, 0.717) is 70.8 Å². The summed E-state index contributed by atoms with van der Waals surface area (Å²) in [5.41, 5.74) is -0.808. The quantitative estimate of drug-likeness (QED) is 0.323. The fourth-order valence-electron chi connectivity index (χ4n) is 6.06. The Morgan fingerprint density at radius 1 is 1.00 bits per heavy atom. The van der Waals surface area contributed by atoms with Crippen LogP contribution in [-0.4, -0.2) is 73.2 Å². The first-order valence-electron chi connectivity index (χ1n) is 12.9. The van der Waals surface area contributed by atoms with Gasteiger partial charge in [0.2, 0.25) is 11.8 Å². The highest BCUT2D eigenvalue weighted by Gasteiger charge is 2.53. The fraction of sp³-hybridized carbons (Fsp3) is 0.917. The van der Waals surface area contributed by atoms with Gasteiger partial charge in [-0.25, -0.2) is 4.39 Å². The first-order chi connectivity index (χ1) is 17.0. The van der Waals surface area contributed by atoms with Gasteiger partial charge in [-0.1, -0.05) is 0 Å². The van der Waals surface area contributed by atoms with E-state index >= 15 is 0 Å². The molecule has 12 heteroatoms. The molecule has 0 aromatic carbocycles. The van der Waals surface area contributed by atoms with Crippen molar-refractivity contribution >= 4 is 23.4 Å². The Morgan fingerprint density at radius 3 is 2.28 bits per heavy atom. The van der Waals surface area contributed by atoms with Crippen molar-refractivity contribution in [2.24, 2.45) is 5.41 Å². The number of halogens is 5. The van der Waals surface area contributed by atoms with Gasteiger partial charge in [0.25, 0.3) is 0 Å². The number of carbonyl (C=O) groups is 2. The molecule has 0 aromatic rings. The van der Waals surface area contributed by atoms with Gasteiger partial charge in [0.1, 0.15) is 25.6 Å². The van der Waals surface area contributed by atoms with Crippen LogP contribution in [-0.2, 0) is 19.1 Å². The molecule has 0 spiro atoms. The maximum absolute atomic E-state index is 13.8. The van der Waals surface area contributed by atoms with E-state index in [-0.39, 0.29) is 42.5 Å². The van der Waals surface area contributed by atoms with Gasteiger partial charge in [0.15, 0.2) is 0 Å². The molecule has 1 heterocycles. The Balaban J connectivity index is 1.17. The largest absolute Gasteiger partial charge is 0.411 e. The Labute approximate surface area is 213 Å². The number of hydrogen-bond donors (Lipinski definition) is 3. The third-order valence-corrected chi connectivity index (χ3v) is 8.87. The second-order valence-corrected chi connectivity index (χ2v) is 11.5. The van der Waals surface area contributed by atoms with Gasteiger partial charge >= 0.3 is 6.18 Å². The van der Waals surface area contributed by atoms with Crippen molar-refractivity contribution in [3.63, 3.8) is 0 Å². The minimum Gasteiger partial charge on any atom is -0.368 e. The lowest BCUT2D eigenvalue weighted by molar-refractivity contribution is -0.190. The number of rotatable bonds is 8. The van der Waals surface area contributed by atoms with Gasteiger partial charge in [-0.15, -0.1) is 11.6 Å². The van der Waals surface area contributed by atoms with Crippen LogP contribution in [0.25, 0.3) is 0 Å². The molecule has 0 radical (unpaired) electrons. The van der Waals surface area contributed by atoms with Crippen molar-refractivity contribution in [2.75, 3.05) is 19.8 Å². The van der Waals surface area contributed by atoms with E-state index in [1.54, 1.807) is 0 Å². The number of hydrogen-bond acceptors (Lipinski definition) is 5. The Kier molecular flexibility index (Phi) is 8.74. The predicted molar refractivity (Wildman–Crippen MR) is 124 cm³/mol. The number of ether oxygens (including phenoxy) is 2. The maximum Gasteiger partial charge on any atom is 0.411 e. The molecule has 206 valence electrons. The van der Waals surface area contributed by atoms with Crippen LogP contribution in [0.5, 0.6) is 0 Å². The molecule has 5 rings (SSSR count). The van der Waals surface area contributed by atoms with Crippen molar-refractivity contribution in [3.05, 3.63) is 0 Å². The summed E-state index contributed by atoms with van der Waals surface area (Å²) in [5.74, 6) is -0.226. The molecule has 0 aromatic heterocycles. The topological polar surface area (TPSA) is 88.7 Å². The van der Waals surface area contributed by atoms with Crippen LogP contribution in [0.4, 0.5) is 17.6 Å². The highest BCUT2D eigenvalue weighted by molar-refractivity contribution is 6.21. The molecule has 2 amide bonds. The Morgan fingerprint density at radius 2 is 1.69 bits per heavy atom. The predicted octanol–water partition coefficient (Wildman–Crippen LogP) is 3.48. The molecule has 3 N–H and O–H groups in total. The van der Waals surface area contributed by atoms with E-state index in [0.717, 1.165) is 0 Å². The molecule has 7 nitrogen and oxygen atoms in total. The highest BCUT2D eigenvalue weighted by atomic mass is 35.5. The van der Waals surface area contributed by atoms with E-state index in [9.17, 15) is 27.2 Å². The number of nitrogens with one attached hydrogen (secondary N) is 3. The van der Waals surface area contributed by atoms with Gasteiger partial charge < -0.3 is 20.1 Å². The van der Waals surface area contributed by atoms with Gasteiger partial charge in [-0.2, -0.15) is 13.2 Å². The average Bonchev–Trinajstić information content (AvgIpc) is 2.85. The van der Waals surface area contributed by atoms with Gasteiger partial charge in [0.05, 0.1) is 11.5 Å². The highest BCUT2D eigenvalue weighted by Crippen LogP contribution is 2.52. The van der Waals surface area contributed by atoms with E-state index < -0.39 is 36.0 Å². The number of carbonyl (C=O) groups excluding carboxylic acids is 2. The SMILES string of the molecule is O=C(COC1CCC(Cl)C(F)C1)NC12CCC(C(=O)NC3CCC(OCC(F)(F)F)NC3)(CC1)CC2. The zero-order valence-corrected chi connectivity index (χ0v) is 21.1. The molecule has 5 unspecified atom stereocenters. The summed E-state index contributed by atoms with van der Waals surface area (Å²) in [6, 6.07) is -0.152. The zero-order chi connectivity index (χ0) is 26.0. The zero-order valence-electron chi connectivity index (χ0n) is 20.3. The summed E-state index contributed by atoms with van der Waals surface area (Å²) in [5, 5.41) is 8.66. The third kappa shape index (κ3) is 7.02. The van der Waals surface area contributed by atoms with E-state index in [4.69, 9.17) is 21.1 Å². The molecular formula is C24H36ClF4N3O4. The summed E-state index contributed by atoms with van der Waals surface area (Å²) in [6.45, 7) is -1.04. The van der Waals surface area contributed by atoms with Crippen LogP contribution in [0.2, 0.25) is 0 Å². The van der Waals surface area contributed by atoms with Gasteiger partial charge in [0, 0.05) is 30.0 Å². The smallest absolute Gasteiger partial charge is 0.368 e. The lowest BCUT2D eigenvalue weighted by atomic mass is 9.56. The minimum absolute atomic E-state index is 0.0115. The fourth-order valence-corrected chi connectivity index (χ4v) is 6.29. The lowest BCUT2D eigenvalue weighted by Crippen LogP contribution is -2.61.